The molecule has 0 fully saturated rings. The third-order valence-electron chi connectivity index (χ3n) is 2.60. The van der Waals surface area contributed by atoms with Crippen molar-refractivity contribution in [2.75, 3.05) is 25.5 Å². The molecule has 1 aromatic rings. The summed E-state index contributed by atoms with van der Waals surface area (Å²) in [6.07, 6.45) is -0.501. The van der Waals surface area contributed by atoms with Crippen LogP contribution < -0.4 is 15.4 Å². The molecule has 1 aromatic carbocycles. The summed E-state index contributed by atoms with van der Waals surface area (Å²) in [5.41, 5.74) is 1.01. The molecular weight excluding hydrogens is 256 g/mol. The average Bonchev–Trinajstić information content (AvgIpc) is 2.41. The fourth-order valence-electron chi connectivity index (χ4n) is 1.55. The molecular formula is C15H24N2O3. The van der Waals surface area contributed by atoms with Gasteiger partial charge in [-0.3, -0.25) is 4.79 Å². The zero-order valence-electron chi connectivity index (χ0n) is 12.6. The van der Waals surface area contributed by atoms with Gasteiger partial charge in [0.2, 0.25) is 12.2 Å². The van der Waals surface area contributed by atoms with Crippen molar-refractivity contribution in [3.8, 4) is 5.75 Å². The third-order valence-corrected chi connectivity index (χ3v) is 2.60. The summed E-state index contributed by atoms with van der Waals surface area (Å²) in [5.74, 6) is 1.17. The molecule has 0 aliphatic carbocycles. The highest BCUT2D eigenvalue weighted by molar-refractivity contribution is 5.72. The van der Waals surface area contributed by atoms with Crippen LogP contribution in [0.3, 0.4) is 0 Å². The second-order valence-corrected chi connectivity index (χ2v) is 5.02. The lowest BCUT2D eigenvalue weighted by atomic mass is 10.2. The van der Waals surface area contributed by atoms with Gasteiger partial charge in [-0.15, -0.1) is 0 Å². The van der Waals surface area contributed by atoms with E-state index in [-0.39, 0.29) is 5.91 Å². The van der Waals surface area contributed by atoms with E-state index in [0.29, 0.717) is 18.2 Å². The molecule has 1 atom stereocenters. The van der Waals surface area contributed by atoms with Crippen LogP contribution in [-0.4, -0.2) is 32.4 Å². The van der Waals surface area contributed by atoms with E-state index < -0.39 is 6.29 Å². The van der Waals surface area contributed by atoms with Crippen molar-refractivity contribution in [1.82, 2.24) is 5.32 Å². The molecule has 1 amide bonds. The van der Waals surface area contributed by atoms with Gasteiger partial charge in [0.25, 0.3) is 0 Å². The van der Waals surface area contributed by atoms with E-state index in [2.05, 4.69) is 24.5 Å². The Labute approximate surface area is 120 Å². The minimum atomic E-state index is -0.501. The Balaban J connectivity index is 2.56. The summed E-state index contributed by atoms with van der Waals surface area (Å²) in [6, 6.07) is 7.69. The second-order valence-electron chi connectivity index (χ2n) is 5.02. The summed E-state index contributed by atoms with van der Waals surface area (Å²) < 4.78 is 10.9. The Kier molecular flexibility index (Phi) is 6.87. The van der Waals surface area contributed by atoms with Crippen LogP contribution in [0.15, 0.2) is 24.3 Å². The third kappa shape index (κ3) is 6.43. The maximum atomic E-state index is 10.9. The smallest absolute Gasteiger partial charge is 0.217 e. The SMILES string of the molecule is COC(CNC(C)=O)Oc1cccc(NCC(C)C)c1. The van der Waals surface area contributed by atoms with Crippen LogP contribution in [0.25, 0.3) is 0 Å². The van der Waals surface area contributed by atoms with Crippen molar-refractivity contribution in [2.24, 2.45) is 5.92 Å². The lowest BCUT2D eigenvalue weighted by molar-refractivity contribution is -0.121. The Hall–Kier alpha value is -1.75. The lowest BCUT2D eigenvalue weighted by Crippen LogP contribution is -2.35. The van der Waals surface area contributed by atoms with Gasteiger partial charge in [-0.05, 0) is 18.1 Å². The standard InChI is InChI=1S/C15H24N2O3/c1-11(2)9-17-13-6-5-7-14(8-13)20-15(19-4)10-16-12(3)18/h5-8,11,15,17H,9-10H2,1-4H3,(H,16,18). The molecule has 2 N–H and O–H groups in total. The van der Waals surface area contributed by atoms with Crippen LogP contribution in [0, 0.1) is 5.92 Å². The van der Waals surface area contributed by atoms with E-state index in [1.165, 1.54) is 6.92 Å². The minimum absolute atomic E-state index is 0.108. The van der Waals surface area contributed by atoms with Gasteiger partial charge in [-0.2, -0.15) is 0 Å². The number of benzene rings is 1. The molecule has 5 heteroatoms. The van der Waals surface area contributed by atoms with Gasteiger partial charge in [0.1, 0.15) is 5.75 Å². The maximum absolute atomic E-state index is 10.9. The largest absolute Gasteiger partial charge is 0.463 e. The van der Waals surface area contributed by atoms with Crippen molar-refractivity contribution in [3.63, 3.8) is 0 Å². The number of nitrogens with one attached hydrogen (secondary N) is 2. The zero-order chi connectivity index (χ0) is 15.0. The second kappa shape index (κ2) is 8.43. The molecule has 5 nitrogen and oxygen atoms in total. The van der Waals surface area contributed by atoms with Gasteiger partial charge in [-0.1, -0.05) is 19.9 Å². The van der Waals surface area contributed by atoms with Gasteiger partial charge in [0.15, 0.2) is 0 Å². The molecule has 112 valence electrons. The molecule has 0 heterocycles. The monoisotopic (exact) mass is 280 g/mol. The van der Waals surface area contributed by atoms with Gasteiger partial charge >= 0.3 is 0 Å². The van der Waals surface area contributed by atoms with Crippen molar-refractivity contribution in [1.29, 1.82) is 0 Å². The molecule has 0 aliphatic rings. The summed E-state index contributed by atoms with van der Waals surface area (Å²) in [6.45, 7) is 6.99. The zero-order valence-corrected chi connectivity index (χ0v) is 12.6. The molecule has 20 heavy (non-hydrogen) atoms. The van der Waals surface area contributed by atoms with Gasteiger partial charge < -0.3 is 20.1 Å². The van der Waals surface area contributed by atoms with Gasteiger partial charge in [0, 0.05) is 32.3 Å². The fourth-order valence-corrected chi connectivity index (χ4v) is 1.55. The first-order chi connectivity index (χ1) is 9.51. The molecule has 0 saturated heterocycles. The summed E-state index contributed by atoms with van der Waals surface area (Å²) in [5, 5.41) is 6.00. The number of carbonyl (C=O) groups is 1. The maximum Gasteiger partial charge on any atom is 0.217 e. The van der Waals surface area contributed by atoms with E-state index in [4.69, 9.17) is 9.47 Å². The molecule has 0 bridgehead atoms. The molecule has 0 radical (unpaired) electrons. The van der Waals surface area contributed by atoms with E-state index in [0.717, 1.165) is 12.2 Å². The average molecular weight is 280 g/mol. The Morgan fingerprint density at radius 3 is 2.65 bits per heavy atom. The van der Waals surface area contributed by atoms with Crippen LogP contribution >= 0.6 is 0 Å². The van der Waals surface area contributed by atoms with Gasteiger partial charge in [0.05, 0.1) is 6.54 Å². The molecule has 0 spiro atoms. The van der Waals surface area contributed by atoms with E-state index in [1.54, 1.807) is 7.11 Å². The highest BCUT2D eigenvalue weighted by Crippen LogP contribution is 2.19. The van der Waals surface area contributed by atoms with Crippen LogP contribution in [0.4, 0.5) is 5.69 Å². The summed E-state index contributed by atoms with van der Waals surface area (Å²) in [4.78, 5) is 10.9. The van der Waals surface area contributed by atoms with Crippen LogP contribution in [-0.2, 0) is 9.53 Å². The number of rotatable bonds is 8. The number of amides is 1. The summed E-state index contributed by atoms with van der Waals surface area (Å²) >= 11 is 0. The first kappa shape index (κ1) is 16.3. The first-order valence-electron chi connectivity index (χ1n) is 6.79. The van der Waals surface area contributed by atoms with Crippen molar-refractivity contribution in [3.05, 3.63) is 24.3 Å². The summed E-state index contributed by atoms with van der Waals surface area (Å²) in [7, 11) is 1.55. The topological polar surface area (TPSA) is 59.6 Å². The number of hydrogen-bond acceptors (Lipinski definition) is 4. The Morgan fingerprint density at radius 1 is 1.30 bits per heavy atom. The molecule has 0 aromatic heterocycles. The molecule has 0 saturated carbocycles. The highest BCUT2D eigenvalue weighted by Gasteiger charge is 2.10. The highest BCUT2D eigenvalue weighted by atomic mass is 16.7. The number of methoxy groups -OCH3 is 1. The van der Waals surface area contributed by atoms with Crippen LogP contribution in [0.2, 0.25) is 0 Å². The molecule has 1 unspecified atom stereocenters. The predicted octanol–water partition coefficient (Wildman–Crippen LogP) is 2.24. The van der Waals surface area contributed by atoms with Crippen molar-refractivity contribution < 1.29 is 14.3 Å². The molecule has 0 aliphatic heterocycles. The number of anilines is 1. The Morgan fingerprint density at radius 2 is 2.05 bits per heavy atom. The van der Waals surface area contributed by atoms with Gasteiger partial charge in [-0.25, -0.2) is 0 Å². The number of carbonyl (C=O) groups excluding carboxylic acids is 1. The van der Waals surface area contributed by atoms with Crippen molar-refractivity contribution in [2.45, 2.75) is 27.1 Å². The predicted molar refractivity (Wildman–Crippen MR) is 79.9 cm³/mol. The lowest BCUT2D eigenvalue weighted by Gasteiger charge is -2.18. The minimum Gasteiger partial charge on any atom is -0.463 e. The van der Waals surface area contributed by atoms with E-state index in [9.17, 15) is 4.79 Å². The molecule has 1 rings (SSSR count). The Bertz CT molecular complexity index is 421. The number of ether oxygens (including phenoxy) is 2. The van der Waals surface area contributed by atoms with Crippen molar-refractivity contribution >= 4 is 11.6 Å². The van der Waals surface area contributed by atoms with E-state index in [1.807, 2.05) is 24.3 Å². The van der Waals surface area contributed by atoms with Crippen LogP contribution in [0.1, 0.15) is 20.8 Å². The first-order valence-corrected chi connectivity index (χ1v) is 6.79. The van der Waals surface area contributed by atoms with E-state index >= 15 is 0 Å². The normalized spacial score (nSPS) is 12.1. The van der Waals surface area contributed by atoms with Crippen LogP contribution in [0.5, 0.6) is 5.75 Å². The fraction of sp³-hybridized carbons (Fsp3) is 0.533. The number of hydrogen-bond donors (Lipinski definition) is 2. The quantitative estimate of drug-likeness (QED) is 0.717.